The molecule has 0 bridgehead atoms. The van der Waals surface area contributed by atoms with Crippen LogP contribution in [0, 0.1) is 13.8 Å². The Hall–Kier alpha value is -2.39. The van der Waals surface area contributed by atoms with Gasteiger partial charge in [0.1, 0.15) is 6.04 Å². The van der Waals surface area contributed by atoms with Crippen LogP contribution in [0.3, 0.4) is 0 Å². The first-order chi connectivity index (χ1) is 16.8. The van der Waals surface area contributed by atoms with E-state index in [-0.39, 0.29) is 37.4 Å². The van der Waals surface area contributed by atoms with Gasteiger partial charge in [-0.3, -0.25) is 13.9 Å². The fourth-order valence-corrected chi connectivity index (χ4v) is 5.33. The normalized spacial score (nSPS) is 13.1. The van der Waals surface area contributed by atoms with E-state index < -0.39 is 16.1 Å². The average molecular weight is 581 g/mol. The van der Waals surface area contributed by atoms with Gasteiger partial charge in [-0.15, -0.1) is 0 Å². The molecule has 0 aliphatic heterocycles. The van der Waals surface area contributed by atoms with Crippen molar-refractivity contribution in [1.29, 1.82) is 0 Å². The number of rotatable bonds is 12. The molecule has 0 spiro atoms. The zero-order chi connectivity index (χ0) is 27.0. The molecule has 0 saturated heterocycles. The number of nitrogens with zero attached hydrogens (tertiary/aromatic N) is 2. The van der Waals surface area contributed by atoms with Crippen molar-refractivity contribution in [3.05, 3.63) is 63.6 Å². The minimum atomic E-state index is -3.54. The van der Waals surface area contributed by atoms with E-state index in [1.54, 1.807) is 17.9 Å². The predicted octanol–water partition coefficient (Wildman–Crippen LogP) is 4.94. The number of nitrogens with one attached hydrogen (secondary N) is 1. The van der Waals surface area contributed by atoms with Gasteiger partial charge in [-0.1, -0.05) is 47.1 Å². The van der Waals surface area contributed by atoms with Gasteiger partial charge in [0.25, 0.3) is 0 Å². The average Bonchev–Trinajstić information content (AvgIpc) is 2.81. The molecule has 0 radical (unpaired) electrons. The Balaban J connectivity index is 2.21. The van der Waals surface area contributed by atoms with Gasteiger partial charge in [-0.05, 0) is 75.4 Å². The number of aryl methyl sites for hydroxylation is 1. The van der Waals surface area contributed by atoms with Crippen LogP contribution < -0.4 is 9.62 Å². The number of anilines is 1. The number of hydrogen-bond acceptors (Lipinski definition) is 4. The quantitative estimate of drug-likeness (QED) is 0.385. The molecule has 198 valence electrons. The summed E-state index contributed by atoms with van der Waals surface area (Å²) in [4.78, 5) is 27.8. The van der Waals surface area contributed by atoms with Crippen LogP contribution in [0.5, 0.6) is 0 Å². The van der Waals surface area contributed by atoms with E-state index >= 15 is 0 Å². The molecular formula is C27H38BrN3O4S. The fourth-order valence-electron chi connectivity index (χ4n) is 3.87. The third kappa shape index (κ3) is 8.34. The Morgan fingerprint density at radius 2 is 1.75 bits per heavy atom. The zero-order valence-electron chi connectivity index (χ0n) is 22.0. The third-order valence-corrected chi connectivity index (χ3v) is 8.08. The lowest BCUT2D eigenvalue weighted by Gasteiger charge is -2.30. The van der Waals surface area contributed by atoms with E-state index in [4.69, 9.17) is 0 Å². The second kappa shape index (κ2) is 13.2. The lowest BCUT2D eigenvalue weighted by molar-refractivity contribution is -0.140. The molecule has 36 heavy (non-hydrogen) atoms. The highest BCUT2D eigenvalue weighted by atomic mass is 79.9. The van der Waals surface area contributed by atoms with E-state index in [1.807, 2.05) is 64.1 Å². The van der Waals surface area contributed by atoms with Gasteiger partial charge in [-0.25, -0.2) is 8.42 Å². The molecule has 2 amide bonds. The smallest absolute Gasteiger partial charge is 0.242 e. The first-order valence-electron chi connectivity index (χ1n) is 12.2. The van der Waals surface area contributed by atoms with Gasteiger partial charge in [0, 0.05) is 30.0 Å². The number of sulfonamides is 1. The molecule has 7 nitrogen and oxygen atoms in total. The minimum absolute atomic E-state index is 0.00339. The van der Waals surface area contributed by atoms with Crippen LogP contribution in [-0.2, 0) is 26.2 Å². The Bertz CT molecular complexity index is 1170. The monoisotopic (exact) mass is 579 g/mol. The standard InChI is InChI=1S/C27H38BrN3O4S/c1-7-20(3)29-27(33)22(5)30(18-23-12-9-13-24(28)17-23)26(32)15-10-16-31(36(6,34)35)25-14-8-11-19(2)21(25)4/h8-9,11-14,17,20,22H,7,10,15-16,18H2,1-6H3,(H,29,33)/t20-,22+/m1/s1. The first kappa shape index (κ1) is 29.8. The van der Waals surface area contributed by atoms with Crippen LogP contribution in [0.4, 0.5) is 5.69 Å². The summed E-state index contributed by atoms with van der Waals surface area (Å²) < 4.78 is 27.4. The van der Waals surface area contributed by atoms with Gasteiger partial charge in [-0.2, -0.15) is 0 Å². The molecule has 0 unspecified atom stereocenters. The van der Waals surface area contributed by atoms with Crippen molar-refractivity contribution in [1.82, 2.24) is 10.2 Å². The summed E-state index contributed by atoms with van der Waals surface area (Å²) >= 11 is 3.46. The molecule has 0 aromatic heterocycles. The van der Waals surface area contributed by atoms with Crippen LogP contribution in [0.15, 0.2) is 46.9 Å². The molecule has 2 rings (SSSR count). The summed E-state index contributed by atoms with van der Waals surface area (Å²) in [6, 6.07) is 12.5. The highest BCUT2D eigenvalue weighted by molar-refractivity contribution is 9.10. The molecule has 0 fully saturated rings. The van der Waals surface area contributed by atoms with Crippen molar-refractivity contribution in [2.45, 2.75) is 72.5 Å². The highest BCUT2D eigenvalue weighted by Gasteiger charge is 2.27. The van der Waals surface area contributed by atoms with E-state index in [9.17, 15) is 18.0 Å². The summed E-state index contributed by atoms with van der Waals surface area (Å²) in [5.74, 6) is -0.406. The summed E-state index contributed by atoms with van der Waals surface area (Å²) in [7, 11) is -3.54. The Labute approximate surface area is 224 Å². The maximum atomic E-state index is 13.4. The van der Waals surface area contributed by atoms with Crippen LogP contribution in [0.25, 0.3) is 0 Å². The van der Waals surface area contributed by atoms with Crippen molar-refractivity contribution >= 4 is 43.5 Å². The molecular weight excluding hydrogens is 542 g/mol. The lowest BCUT2D eigenvalue weighted by Crippen LogP contribution is -2.49. The van der Waals surface area contributed by atoms with Crippen molar-refractivity contribution < 1.29 is 18.0 Å². The van der Waals surface area contributed by atoms with Gasteiger partial charge in [0.15, 0.2) is 0 Å². The molecule has 1 N–H and O–H groups in total. The van der Waals surface area contributed by atoms with E-state index in [0.29, 0.717) is 12.1 Å². The molecule has 0 saturated carbocycles. The molecule has 2 aromatic carbocycles. The number of amides is 2. The number of benzene rings is 2. The summed E-state index contributed by atoms with van der Waals surface area (Å²) in [5.41, 5.74) is 3.41. The zero-order valence-corrected chi connectivity index (χ0v) is 24.4. The maximum Gasteiger partial charge on any atom is 0.242 e. The van der Waals surface area contributed by atoms with Gasteiger partial charge in [0.2, 0.25) is 21.8 Å². The number of carbonyl (C=O) groups is 2. The number of hydrogen-bond donors (Lipinski definition) is 1. The Morgan fingerprint density at radius 1 is 1.08 bits per heavy atom. The molecule has 0 heterocycles. The molecule has 9 heteroatoms. The van der Waals surface area contributed by atoms with Gasteiger partial charge < -0.3 is 10.2 Å². The van der Waals surface area contributed by atoms with E-state index in [0.717, 1.165) is 27.6 Å². The van der Waals surface area contributed by atoms with Crippen LogP contribution in [0.2, 0.25) is 0 Å². The first-order valence-corrected chi connectivity index (χ1v) is 14.9. The molecule has 2 atom stereocenters. The largest absolute Gasteiger partial charge is 0.352 e. The number of halogens is 1. The van der Waals surface area contributed by atoms with Crippen LogP contribution >= 0.6 is 15.9 Å². The van der Waals surface area contributed by atoms with Crippen LogP contribution in [-0.4, -0.2) is 50.0 Å². The summed E-state index contributed by atoms with van der Waals surface area (Å²) in [6.45, 7) is 9.93. The summed E-state index contributed by atoms with van der Waals surface area (Å²) in [5, 5.41) is 2.96. The van der Waals surface area contributed by atoms with Gasteiger partial charge in [0.05, 0.1) is 11.9 Å². The molecule has 0 aliphatic rings. The Kier molecular flexibility index (Phi) is 11.0. The minimum Gasteiger partial charge on any atom is -0.352 e. The second-order valence-corrected chi connectivity index (χ2v) is 12.1. The molecule has 2 aromatic rings. The van der Waals surface area contributed by atoms with Crippen molar-refractivity contribution in [3.8, 4) is 0 Å². The predicted molar refractivity (Wildman–Crippen MR) is 149 cm³/mol. The van der Waals surface area contributed by atoms with Crippen molar-refractivity contribution in [2.75, 3.05) is 17.1 Å². The fraction of sp³-hybridized carbons (Fsp3) is 0.481. The maximum absolute atomic E-state index is 13.4. The van der Waals surface area contributed by atoms with E-state index in [1.165, 1.54) is 10.6 Å². The lowest BCUT2D eigenvalue weighted by atomic mass is 10.1. The number of carbonyl (C=O) groups excluding carboxylic acids is 2. The third-order valence-electron chi connectivity index (χ3n) is 6.41. The Morgan fingerprint density at radius 3 is 2.36 bits per heavy atom. The summed E-state index contributed by atoms with van der Waals surface area (Å²) in [6.07, 6.45) is 2.41. The SMILES string of the molecule is CC[C@@H](C)NC(=O)[C@H](C)N(Cc1cccc(Br)c1)C(=O)CCCN(c1cccc(C)c1C)S(C)(=O)=O. The van der Waals surface area contributed by atoms with Gasteiger partial charge >= 0.3 is 0 Å². The molecule has 0 aliphatic carbocycles. The second-order valence-electron chi connectivity index (χ2n) is 9.30. The van der Waals surface area contributed by atoms with Crippen molar-refractivity contribution in [2.24, 2.45) is 0 Å². The van der Waals surface area contributed by atoms with E-state index in [2.05, 4.69) is 21.2 Å². The van der Waals surface area contributed by atoms with Crippen LogP contribution in [0.1, 0.15) is 56.7 Å². The highest BCUT2D eigenvalue weighted by Crippen LogP contribution is 2.25. The topological polar surface area (TPSA) is 86.8 Å². The van der Waals surface area contributed by atoms with Crippen molar-refractivity contribution in [3.63, 3.8) is 0 Å².